The van der Waals surface area contributed by atoms with Gasteiger partial charge in [-0.25, -0.2) is 4.39 Å². The molecule has 1 N–H and O–H groups in total. The first-order valence-corrected chi connectivity index (χ1v) is 5.71. The highest BCUT2D eigenvalue weighted by molar-refractivity contribution is 5.40. The summed E-state index contributed by atoms with van der Waals surface area (Å²) in [5.41, 5.74) is 0.381. The van der Waals surface area contributed by atoms with E-state index in [1.807, 2.05) is 0 Å². The summed E-state index contributed by atoms with van der Waals surface area (Å²) in [6, 6.07) is 3.55. The van der Waals surface area contributed by atoms with Crippen molar-refractivity contribution in [3.8, 4) is 0 Å². The van der Waals surface area contributed by atoms with Crippen molar-refractivity contribution in [1.29, 1.82) is 0 Å². The van der Waals surface area contributed by atoms with Crippen molar-refractivity contribution < 1.29 is 9.31 Å². The van der Waals surface area contributed by atoms with Crippen LogP contribution in [0, 0.1) is 27.8 Å². The number of nitrogens with zero attached hydrogens (tertiary/aromatic N) is 1. The average molecular weight is 238 g/mol. The maximum absolute atomic E-state index is 13.0. The Morgan fingerprint density at radius 1 is 1.59 bits per heavy atom. The topological polar surface area (TPSA) is 55.2 Å². The molecule has 0 aliphatic heterocycles. The summed E-state index contributed by atoms with van der Waals surface area (Å²) in [6.07, 6.45) is 1.21. The molecule has 0 amide bonds. The number of benzene rings is 1. The molecule has 1 aliphatic carbocycles. The molecule has 2 atom stereocenters. The minimum absolute atomic E-state index is 0.0252. The Morgan fingerprint density at radius 3 is 2.88 bits per heavy atom. The molecule has 4 nitrogen and oxygen atoms in total. The van der Waals surface area contributed by atoms with Gasteiger partial charge in [0.2, 0.25) is 0 Å². The zero-order chi connectivity index (χ0) is 12.4. The summed E-state index contributed by atoms with van der Waals surface area (Å²) in [7, 11) is 0. The molecular formula is C12H15FN2O2. The van der Waals surface area contributed by atoms with Crippen molar-refractivity contribution in [2.45, 2.75) is 19.9 Å². The van der Waals surface area contributed by atoms with E-state index in [4.69, 9.17) is 0 Å². The van der Waals surface area contributed by atoms with Crippen LogP contribution in [0.15, 0.2) is 18.2 Å². The molecule has 0 spiro atoms. The van der Waals surface area contributed by atoms with Gasteiger partial charge in [0.05, 0.1) is 4.92 Å². The fourth-order valence-electron chi connectivity index (χ4n) is 1.95. The third-order valence-corrected chi connectivity index (χ3v) is 3.24. The molecule has 0 saturated heterocycles. The Morgan fingerprint density at radius 2 is 2.29 bits per heavy atom. The molecule has 1 aromatic carbocycles. The first-order chi connectivity index (χ1) is 8.08. The minimum atomic E-state index is -0.476. The standard InChI is InChI=1S/C12H15FN2O2/c1-8-4-9(8)6-14-7-10-5-11(13)2-3-12(10)15(16)17/h2-3,5,8-9,14H,4,6-7H2,1H3. The Balaban J connectivity index is 1.97. The zero-order valence-corrected chi connectivity index (χ0v) is 9.65. The van der Waals surface area contributed by atoms with E-state index in [9.17, 15) is 14.5 Å². The summed E-state index contributed by atoms with van der Waals surface area (Å²) in [5.74, 6) is 0.972. The predicted molar refractivity (Wildman–Crippen MR) is 62.0 cm³/mol. The lowest BCUT2D eigenvalue weighted by molar-refractivity contribution is -0.385. The van der Waals surface area contributed by atoms with E-state index in [2.05, 4.69) is 12.2 Å². The molecule has 0 heterocycles. The smallest absolute Gasteiger partial charge is 0.274 e. The maximum Gasteiger partial charge on any atom is 0.274 e. The summed E-state index contributed by atoms with van der Waals surface area (Å²) in [6.45, 7) is 3.36. The van der Waals surface area contributed by atoms with E-state index < -0.39 is 10.7 Å². The molecule has 0 aromatic heterocycles. The quantitative estimate of drug-likeness (QED) is 0.633. The van der Waals surface area contributed by atoms with Crippen molar-refractivity contribution in [2.75, 3.05) is 6.54 Å². The van der Waals surface area contributed by atoms with Crippen molar-refractivity contribution in [3.05, 3.63) is 39.7 Å². The highest BCUT2D eigenvalue weighted by atomic mass is 19.1. The molecule has 1 aromatic rings. The normalized spacial score (nSPS) is 22.5. The van der Waals surface area contributed by atoms with Crippen molar-refractivity contribution in [2.24, 2.45) is 11.8 Å². The first-order valence-electron chi connectivity index (χ1n) is 5.71. The molecule has 1 aliphatic rings. The number of nitro benzene ring substituents is 1. The van der Waals surface area contributed by atoms with Gasteiger partial charge < -0.3 is 5.32 Å². The summed E-state index contributed by atoms with van der Waals surface area (Å²) in [4.78, 5) is 10.3. The Kier molecular flexibility index (Phi) is 3.38. The van der Waals surface area contributed by atoms with Crippen LogP contribution in [-0.4, -0.2) is 11.5 Å². The van der Waals surface area contributed by atoms with Gasteiger partial charge in [-0.1, -0.05) is 6.92 Å². The molecule has 92 valence electrons. The van der Waals surface area contributed by atoms with Gasteiger partial charge in [-0.15, -0.1) is 0 Å². The fraction of sp³-hybridized carbons (Fsp3) is 0.500. The molecule has 1 fully saturated rings. The summed E-state index contributed by atoms with van der Waals surface area (Å²) >= 11 is 0. The Bertz CT molecular complexity index is 437. The average Bonchev–Trinajstić information content (AvgIpc) is 2.94. The van der Waals surface area contributed by atoms with Crippen LogP contribution >= 0.6 is 0 Å². The van der Waals surface area contributed by atoms with E-state index in [-0.39, 0.29) is 5.69 Å². The molecule has 1 saturated carbocycles. The predicted octanol–water partition coefficient (Wildman–Crippen LogP) is 2.48. The van der Waals surface area contributed by atoms with Crippen LogP contribution in [0.3, 0.4) is 0 Å². The Hall–Kier alpha value is -1.49. The maximum atomic E-state index is 13.0. The van der Waals surface area contributed by atoms with E-state index in [0.717, 1.165) is 18.5 Å². The van der Waals surface area contributed by atoms with E-state index >= 15 is 0 Å². The number of hydrogen-bond donors (Lipinski definition) is 1. The van der Waals surface area contributed by atoms with Crippen molar-refractivity contribution in [1.82, 2.24) is 5.32 Å². The monoisotopic (exact) mass is 238 g/mol. The number of nitro groups is 1. The molecule has 2 rings (SSSR count). The second kappa shape index (κ2) is 4.79. The van der Waals surface area contributed by atoms with Gasteiger partial charge in [-0.05, 0) is 36.9 Å². The van der Waals surface area contributed by atoms with Crippen LogP contribution in [0.2, 0.25) is 0 Å². The van der Waals surface area contributed by atoms with Crippen molar-refractivity contribution >= 4 is 5.69 Å². The lowest BCUT2D eigenvalue weighted by Gasteiger charge is -2.05. The third-order valence-electron chi connectivity index (χ3n) is 3.24. The fourth-order valence-corrected chi connectivity index (χ4v) is 1.95. The van der Waals surface area contributed by atoms with Gasteiger partial charge in [-0.2, -0.15) is 0 Å². The SMILES string of the molecule is CC1CC1CNCc1cc(F)ccc1[N+](=O)[O-]. The molecule has 5 heteroatoms. The molecule has 17 heavy (non-hydrogen) atoms. The number of rotatable bonds is 5. The highest BCUT2D eigenvalue weighted by Crippen LogP contribution is 2.36. The van der Waals surface area contributed by atoms with Crippen LogP contribution in [-0.2, 0) is 6.54 Å². The lowest BCUT2D eigenvalue weighted by atomic mass is 10.1. The first kappa shape index (κ1) is 12.0. The highest BCUT2D eigenvalue weighted by Gasteiger charge is 2.31. The van der Waals surface area contributed by atoms with Gasteiger partial charge in [0, 0.05) is 18.2 Å². The molecular weight excluding hydrogens is 223 g/mol. The van der Waals surface area contributed by atoms with E-state index in [1.54, 1.807) is 0 Å². The number of halogens is 1. The summed E-state index contributed by atoms with van der Waals surface area (Å²) < 4.78 is 13.0. The van der Waals surface area contributed by atoms with Gasteiger partial charge in [-0.3, -0.25) is 10.1 Å². The second-order valence-corrected chi connectivity index (χ2v) is 4.63. The van der Waals surface area contributed by atoms with Gasteiger partial charge in [0.25, 0.3) is 5.69 Å². The molecule has 0 bridgehead atoms. The van der Waals surface area contributed by atoms with Crippen molar-refractivity contribution in [3.63, 3.8) is 0 Å². The Labute approximate surface area is 99.0 Å². The second-order valence-electron chi connectivity index (χ2n) is 4.63. The lowest BCUT2D eigenvalue weighted by Crippen LogP contribution is -2.17. The minimum Gasteiger partial charge on any atom is -0.312 e. The number of nitrogens with one attached hydrogen (secondary N) is 1. The van der Waals surface area contributed by atoms with Gasteiger partial charge in [0.1, 0.15) is 5.82 Å². The van der Waals surface area contributed by atoms with Crippen LogP contribution in [0.25, 0.3) is 0 Å². The molecule has 0 radical (unpaired) electrons. The van der Waals surface area contributed by atoms with Crippen LogP contribution in [0.5, 0.6) is 0 Å². The van der Waals surface area contributed by atoms with Gasteiger partial charge >= 0.3 is 0 Å². The van der Waals surface area contributed by atoms with Crippen LogP contribution in [0.4, 0.5) is 10.1 Å². The number of hydrogen-bond acceptors (Lipinski definition) is 3. The summed E-state index contributed by atoms with van der Waals surface area (Å²) in [5, 5.41) is 13.9. The zero-order valence-electron chi connectivity index (χ0n) is 9.65. The largest absolute Gasteiger partial charge is 0.312 e. The van der Waals surface area contributed by atoms with E-state index in [0.29, 0.717) is 18.0 Å². The van der Waals surface area contributed by atoms with E-state index in [1.165, 1.54) is 18.6 Å². The van der Waals surface area contributed by atoms with Crippen LogP contribution in [0.1, 0.15) is 18.9 Å². The van der Waals surface area contributed by atoms with Crippen LogP contribution < -0.4 is 5.32 Å². The van der Waals surface area contributed by atoms with Gasteiger partial charge in [0.15, 0.2) is 0 Å². The third kappa shape index (κ3) is 3.00. The molecule has 2 unspecified atom stereocenters.